The summed E-state index contributed by atoms with van der Waals surface area (Å²) in [5.74, 6) is 1.88. The summed E-state index contributed by atoms with van der Waals surface area (Å²) >= 11 is 1.51. The first-order valence-corrected chi connectivity index (χ1v) is 15.8. The monoisotopic (exact) mass is 585 g/mol. The molecule has 176 valence electrons. The molecule has 1 atom stereocenters. The maximum Gasteiger partial charge on any atom is -1.00 e. The zero-order valence-corrected chi connectivity index (χ0v) is 25.1. The van der Waals surface area contributed by atoms with Gasteiger partial charge in [-0.3, -0.25) is 0 Å². The number of rotatable bonds is 4. The predicted octanol–water partition coefficient (Wildman–Crippen LogP) is 1.39. The predicted molar refractivity (Wildman–Crippen MR) is 135 cm³/mol. The summed E-state index contributed by atoms with van der Waals surface area (Å²) in [5, 5.41) is 5.17. The summed E-state index contributed by atoms with van der Waals surface area (Å²) in [4.78, 5) is 0. The van der Waals surface area contributed by atoms with Crippen LogP contribution in [0.5, 0.6) is 0 Å². The number of ether oxygens (including phenoxy) is 1. The fourth-order valence-corrected chi connectivity index (χ4v) is 5.37. The molecule has 2 nitrogen and oxygen atoms in total. The van der Waals surface area contributed by atoms with Crippen LogP contribution in [0.3, 0.4) is 0 Å². The van der Waals surface area contributed by atoms with Crippen LogP contribution >= 0.6 is 0 Å². The van der Waals surface area contributed by atoms with Gasteiger partial charge in [0.25, 0.3) is 0 Å². The van der Waals surface area contributed by atoms with Crippen LogP contribution in [0.2, 0.25) is 19.6 Å². The minimum absolute atomic E-state index is 0. The fourth-order valence-electron chi connectivity index (χ4n) is 4.55. The number of halogens is 2. The van der Waals surface area contributed by atoms with E-state index in [0.717, 1.165) is 17.1 Å². The summed E-state index contributed by atoms with van der Waals surface area (Å²) in [6.45, 7) is 8.69. The summed E-state index contributed by atoms with van der Waals surface area (Å²) in [6, 6.07) is 26.1. The molecule has 1 aliphatic rings. The number of hydrogen-bond donors (Lipinski definition) is 0. The van der Waals surface area contributed by atoms with E-state index in [4.69, 9.17) is 9.16 Å². The van der Waals surface area contributed by atoms with Gasteiger partial charge in [0, 0.05) is 11.5 Å². The Morgan fingerprint density at radius 3 is 2.12 bits per heavy atom. The summed E-state index contributed by atoms with van der Waals surface area (Å²) in [7, 11) is -0.0300. The van der Waals surface area contributed by atoms with Gasteiger partial charge in [0.15, 0.2) is 0 Å². The van der Waals surface area contributed by atoms with Crippen LogP contribution in [-0.2, 0) is 33.4 Å². The van der Waals surface area contributed by atoms with E-state index in [2.05, 4.69) is 96.1 Å². The second kappa shape index (κ2) is 11.9. The third-order valence-electron chi connectivity index (χ3n) is 5.63. The van der Waals surface area contributed by atoms with E-state index in [9.17, 15) is 0 Å². The molecular formula is C28H29Cl2O2SiZr-. The third kappa shape index (κ3) is 5.46. The Balaban J connectivity index is 0.000000778. The summed E-state index contributed by atoms with van der Waals surface area (Å²) in [6.07, 6.45) is 0. The van der Waals surface area contributed by atoms with Gasteiger partial charge >= 0.3 is 34.9 Å². The smallest absolute Gasteiger partial charge is 1.00 e. The molecule has 0 aliphatic heterocycles. The van der Waals surface area contributed by atoms with Crippen molar-refractivity contribution in [2.24, 2.45) is 0 Å². The fraction of sp³-hybridized carbons (Fsp3) is 0.214. The van der Waals surface area contributed by atoms with Crippen molar-refractivity contribution in [2.75, 3.05) is 7.11 Å². The summed E-state index contributed by atoms with van der Waals surface area (Å²) in [5.41, 5.74) is 3.69. The molecule has 0 aromatic heterocycles. The maximum absolute atomic E-state index is 6.54. The second-order valence-electron chi connectivity index (χ2n) is 8.96. The molecule has 6 heteroatoms. The molecule has 4 aromatic carbocycles. The topological polar surface area (TPSA) is 18.5 Å². The van der Waals surface area contributed by atoms with Crippen LogP contribution in [0, 0.1) is 0 Å². The number of allylic oxidation sites excluding steroid dienone is 1. The Kier molecular flexibility index (Phi) is 10.0. The van der Waals surface area contributed by atoms with Gasteiger partial charge in [-0.05, 0) is 25.2 Å². The molecule has 0 heterocycles. The van der Waals surface area contributed by atoms with Crippen LogP contribution in [-0.4, -0.2) is 19.1 Å². The number of fused-ring (bicyclic) bond motifs is 4. The van der Waals surface area contributed by atoms with Crippen molar-refractivity contribution in [2.45, 2.75) is 32.5 Å². The number of hydrogen-bond acceptors (Lipinski definition) is 2. The van der Waals surface area contributed by atoms with Crippen LogP contribution in [0.4, 0.5) is 0 Å². The van der Waals surface area contributed by atoms with Crippen molar-refractivity contribution in [1.82, 2.24) is 0 Å². The molecule has 0 fully saturated rings. The average molecular weight is 588 g/mol. The third-order valence-corrected chi connectivity index (χ3v) is 6.45. The zero-order valence-electron chi connectivity index (χ0n) is 20.2. The second-order valence-corrected chi connectivity index (χ2v) is 14.8. The van der Waals surface area contributed by atoms with Gasteiger partial charge in [-0.25, -0.2) is 0 Å². The Morgan fingerprint density at radius 1 is 0.853 bits per heavy atom. The molecule has 5 rings (SSSR count). The number of benzene rings is 3. The van der Waals surface area contributed by atoms with Crippen molar-refractivity contribution in [3.8, 4) is 0 Å². The Hall–Kier alpha value is -1.58. The standard InChI is InChI=1S/C26H25O2Si.C2H4.2ClH.Zr/c1-27-26-24(20-12-7-8-13-22(20)25(26)28-29(2,3)4)21-15-9-14-19-18-11-6-5-10-17(18)16-23(19)21;1-2;;;/h5-16,24H,1-4H3;1H,2H3;2*1H;/q-1;;;;+2/p-2. The van der Waals surface area contributed by atoms with Crippen LogP contribution in [0.25, 0.3) is 27.3 Å². The first-order valence-electron chi connectivity index (χ1n) is 11.0. The first kappa shape index (κ1) is 28.7. The van der Waals surface area contributed by atoms with Crippen molar-refractivity contribution in [3.63, 3.8) is 0 Å². The molecule has 0 bridgehead atoms. The van der Waals surface area contributed by atoms with Gasteiger partial charge in [0.05, 0.1) is 7.11 Å². The zero-order chi connectivity index (χ0) is 22.9. The van der Waals surface area contributed by atoms with Crippen LogP contribution < -0.4 is 24.8 Å². The van der Waals surface area contributed by atoms with E-state index >= 15 is 0 Å². The Labute approximate surface area is 231 Å². The first-order chi connectivity index (χ1) is 15.4. The van der Waals surface area contributed by atoms with E-state index in [1.807, 2.05) is 6.92 Å². The van der Waals surface area contributed by atoms with E-state index in [1.165, 1.54) is 56.9 Å². The van der Waals surface area contributed by atoms with Gasteiger partial charge in [-0.15, -0.1) is 33.7 Å². The number of methoxy groups -OCH3 is 1. The van der Waals surface area contributed by atoms with Gasteiger partial charge in [0.2, 0.25) is 8.32 Å². The van der Waals surface area contributed by atoms with E-state index in [-0.39, 0.29) is 30.7 Å². The van der Waals surface area contributed by atoms with Gasteiger partial charge in [0.1, 0.15) is 11.5 Å². The van der Waals surface area contributed by atoms with Crippen LogP contribution in [0.15, 0.2) is 78.6 Å². The van der Waals surface area contributed by atoms with Crippen molar-refractivity contribution in [1.29, 1.82) is 0 Å². The van der Waals surface area contributed by atoms with E-state index in [0.29, 0.717) is 0 Å². The van der Waals surface area contributed by atoms with Crippen LogP contribution in [0.1, 0.15) is 29.5 Å². The molecule has 0 spiro atoms. The Morgan fingerprint density at radius 2 is 1.44 bits per heavy atom. The molecule has 0 radical (unpaired) electrons. The van der Waals surface area contributed by atoms with Crippen molar-refractivity contribution < 1.29 is 58.2 Å². The minimum atomic E-state index is -1.80. The SMILES string of the molecule is COC1=C(O[Si](C)(C)C)c2ccccc2C1c1cccc2c1[cH-]c1ccccc12.C[CH]=[Zr+2].[Cl-].[Cl-]. The minimum Gasteiger partial charge on any atom is -1.00 e. The van der Waals surface area contributed by atoms with Gasteiger partial charge in [-0.1, -0.05) is 66.2 Å². The van der Waals surface area contributed by atoms with E-state index in [1.54, 1.807) is 7.11 Å². The maximum atomic E-state index is 6.54. The molecule has 0 N–H and O–H groups in total. The molecule has 0 saturated carbocycles. The normalized spacial score (nSPS) is 14.5. The summed E-state index contributed by atoms with van der Waals surface area (Å²) < 4.78 is 14.7. The largest absolute Gasteiger partial charge is 1.00 e. The molecule has 0 amide bonds. The molecule has 0 saturated heterocycles. The molecular weight excluding hydrogens is 559 g/mol. The average Bonchev–Trinajstić information content (AvgIpc) is 3.29. The van der Waals surface area contributed by atoms with E-state index < -0.39 is 8.32 Å². The molecule has 1 unspecified atom stereocenters. The van der Waals surface area contributed by atoms with Crippen molar-refractivity contribution in [3.05, 3.63) is 95.2 Å². The molecule has 34 heavy (non-hydrogen) atoms. The van der Waals surface area contributed by atoms with Gasteiger partial charge < -0.3 is 34.0 Å². The quantitative estimate of drug-likeness (QED) is 0.266. The molecule has 1 aliphatic carbocycles. The molecule has 4 aromatic rings. The van der Waals surface area contributed by atoms with Crippen molar-refractivity contribution >= 4 is 39.3 Å². The van der Waals surface area contributed by atoms with Gasteiger partial charge in [-0.2, -0.15) is 0 Å². The Bertz CT molecular complexity index is 1320.